The first kappa shape index (κ1) is 10.0. The van der Waals surface area contributed by atoms with Gasteiger partial charge in [-0.1, -0.05) is 18.2 Å². The number of benzene rings is 1. The predicted molar refractivity (Wildman–Crippen MR) is 58.7 cm³/mol. The first-order valence-corrected chi connectivity index (χ1v) is 5.30. The molecule has 0 atom stereocenters. The zero-order valence-electron chi connectivity index (χ0n) is 8.20. The van der Waals surface area contributed by atoms with Gasteiger partial charge >= 0.3 is 0 Å². The summed E-state index contributed by atoms with van der Waals surface area (Å²) >= 11 is 1.28. The van der Waals surface area contributed by atoms with E-state index in [0.717, 1.165) is 5.13 Å². The second-order valence-electron chi connectivity index (χ2n) is 3.03. The number of aromatic nitrogens is 2. The molecule has 1 heterocycles. The second-order valence-corrected chi connectivity index (χ2v) is 3.79. The Hall–Kier alpha value is -1.49. The fourth-order valence-corrected chi connectivity index (χ4v) is 1.77. The van der Waals surface area contributed by atoms with Gasteiger partial charge in [0.05, 0.1) is 0 Å². The van der Waals surface area contributed by atoms with Crippen LogP contribution in [0.2, 0.25) is 0 Å². The Morgan fingerprint density at radius 3 is 2.87 bits per heavy atom. The molecule has 1 N–H and O–H groups in total. The van der Waals surface area contributed by atoms with Gasteiger partial charge in [-0.3, -0.25) is 0 Å². The summed E-state index contributed by atoms with van der Waals surface area (Å²) < 4.78 is 17.4. The average molecular weight is 223 g/mol. The van der Waals surface area contributed by atoms with Crippen molar-refractivity contribution >= 4 is 16.7 Å². The molecule has 1 aromatic carbocycles. The van der Waals surface area contributed by atoms with Crippen molar-refractivity contribution in [2.24, 2.45) is 0 Å². The number of hydrogen-bond acceptors (Lipinski definition) is 4. The highest BCUT2D eigenvalue weighted by atomic mass is 32.1. The molecule has 15 heavy (non-hydrogen) atoms. The maximum atomic E-state index is 13.3. The van der Waals surface area contributed by atoms with Crippen molar-refractivity contribution in [1.29, 1.82) is 0 Å². The molecular formula is C10H10FN3S. The van der Waals surface area contributed by atoms with E-state index in [2.05, 4.69) is 14.7 Å². The van der Waals surface area contributed by atoms with Gasteiger partial charge in [-0.05, 0) is 11.6 Å². The van der Waals surface area contributed by atoms with E-state index in [0.29, 0.717) is 17.8 Å². The van der Waals surface area contributed by atoms with Crippen LogP contribution >= 0.6 is 11.5 Å². The Bertz CT molecular complexity index is 455. The Kier molecular flexibility index (Phi) is 2.91. The van der Waals surface area contributed by atoms with Crippen LogP contribution in [0.25, 0.3) is 0 Å². The SMILES string of the molecule is CNc1nc(Cc2ccccc2F)ns1. The summed E-state index contributed by atoms with van der Waals surface area (Å²) in [5.74, 6) is 0.438. The van der Waals surface area contributed by atoms with Crippen LogP contribution in [0.4, 0.5) is 9.52 Å². The molecule has 0 aliphatic rings. The maximum absolute atomic E-state index is 13.3. The second kappa shape index (κ2) is 4.35. The molecule has 2 aromatic rings. The predicted octanol–water partition coefficient (Wildman–Crippen LogP) is 2.31. The van der Waals surface area contributed by atoms with E-state index in [9.17, 15) is 4.39 Å². The van der Waals surface area contributed by atoms with Crippen molar-refractivity contribution in [2.45, 2.75) is 6.42 Å². The first-order valence-electron chi connectivity index (χ1n) is 4.53. The van der Waals surface area contributed by atoms with Gasteiger partial charge < -0.3 is 5.32 Å². The smallest absolute Gasteiger partial charge is 0.202 e. The summed E-state index contributed by atoms with van der Waals surface area (Å²) in [5.41, 5.74) is 0.623. The van der Waals surface area contributed by atoms with Gasteiger partial charge in [0, 0.05) is 25.0 Å². The molecule has 78 valence electrons. The van der Waals surface area contributed by atoms with Crippen molar-refractivity contribution in [3.63, 3.8) is 0 Å². The zero-order chi connectivity index (χ0) is 10.7. The van der Waals surface area contributed by atoms with E-state index in [-0.39, 0.29) is 5.82 Å². The molecule has 0 spiro atoms. The topological polar surface area (TPSA) is 37.8 Å². The van der Waals surface area contributed by atoms with Crippen LogP contribution < -0.4 is 5.32 Å². The van der Waals surface area contributed by atoms with Gasteiger partial charge in [-0.2, -0.15) is 4.37 Å². The number of rotatable bonds is 3. The van der Waals surface area contributed by atoms with Crippen LogP contribution in [0.1, 0.15) is 11.4 Å². The van der Waals surface area contributed by atoms with Crippen LogP contribution in [0.5, 0.6) is 0 Å². The lowest BCUT2D eigenvalue weighted by Crippen LogP contribution is -1.94. The number of nitrogens with one attached hydrogen (secondary N) is 1. The van der Waals surface area contributed by atoms with Crippen LogP contribution in [0.15, 0.2) is 24.3 Å². The van der Waals surface area contributed by atoms with Crippen molar-refractivity contribution in [2.75, 3.05) is 12.4 Å². The number of hydrogen-bond donors (Lipinski definition) is 1. The van der Waals surface area contributed by atoms with Crippen LogP contribution in [0, 0.1) is 5.82 Å². The molecule has 0 amide bonds. The number of nitrogens with zero attached hydrogens (tertiary/aromatic N) is 2. The molecule has 0 unspecified atom stereocenters. The average Bonchev–Trinajstić information content (AvgIpc) is 2.69. The molecule has 0 radical (unpaired) electrons. The summed E-state index contributed by atoms with van der Waals surface area (Å²) in [6.07, 6.45) is 0.435. The number of anilines is 1. The molecule has 5 heteroatoms. The molecule has 0 bridgehead atoms. The molecule has 0 fully saturated rings. The van der Waals surface area contributed by atoms with Crippen molar-refractivity contribution in [3.8, 4) is 0 Å². The summed E-state index contributed by atoms with van der Waals surface area (Å²) in [6, 6.07) is 6.67. The van der Waals surface area contributed by atoms with Gasteiger partial charge in [-0.15, -0.1) is 0 Å². The van der Waals surface area contributed by atoms with Crippen molar-refractivity contribution in [1.82, 2.24) is 9.36 Å². The van der Waals surface area contributed by atoms with Crippen LogP contribution in [-0.2, 0) is 6.42 Å². The van der Waals surface area contributed by atoms with Gasteiger partial charge in [0.2, 0.25) is 5.13 Å². The lowest BCUT2D eigenvalue weighted by molar-refractivity contribution is 0.612. The highest BCUT2D eigenvalue weighted by Gasteiger charge is 2.06. The highest BCUT2D eigenvalue weighted by Crippen LogP contribution is 2.15. The lowest BCUT2D eigenvalue weighted by atomic mass is 10.1. The minimum atomic E-state index is -0.210. The van der Waals surface area contributed by atoms with E-state index in [4.69, 9.17) is 0 Å². The third-order valence-corrected chi connectivity index (χ3v) is 2.76. The molecule has 0 aliphatic carbocycles. The first-order chi connectivity index (χ1) is 7.29. The standard InChI is InChI=1S/C10H10FN3S/c1-12-10-13-9(14-15-10)6-7-4-2-3-5-8(7)11/h2-5H,6H2,1H3,(H,12,13,14). The molecular weight excluding hydrogens is 213 g/mol. The minimum absolute atomic E-state index is 0.210. The minimum Gasteiger partial charge on any atom is -0.363 e. The van der Waals surface area contributed by atoms with E-state index in [1.54, 1.807) is 19.2 Å². The maximum Gasteiger partial charge on any atom is 0.202 e. The van der Waals surface area contributed by atoms with Gasteiger partial charge in [0.15, 0.2) is 0 Å². The largest absolute Gasteiger partial charge is 0.363 e. The quantitative estimate of drug-likeness (QED) is 0.867. The van der Waals surface area contributed by atoms with E-state index in [1.807, 2.05) is 6.07 Å². The normalized spacial score (nSPS) is 10.3. The zero-order valence-corrected chi connectivity index (χ0v) is 9.01. The van der Waals surface area contributed by atoms with Gasteiger partial charge in [0.25, 0.3) is 0 Å². The highest BCUT2D eigenvalue weighted by molar-refractivity contribution is 7.09. The monoisotopic (exact) mass is 223 g/mol. The van der Waals surface area contributed by atoms with Crippen molar-refractivity contribution < 1.29 is 4.39 Å². The van der Waals surface area contributed by atoms with Crippen molar-refractivity contribution in [3.05, 3.63) is 41.5 Å². The molecule has 3 nitrogen and oxygen atoms in total. The van der Waals surface area contributed by atoms with Crippen LogP contribution in [-0.4, -0.2) is 16.4 Å². The number of halogens is 1. The molecule has 2 rings (SSSR count). The summed E-state index contributed by atoms with van der Waals surface area (Å²) in [7, 11) is 1.79. The molecule has 1 aromatic heterocycles. The van der Waals surface area contributed by atoms with E-state index < -0.39 is 0 Å². The van der Waals surface area contributed by atoms with Gasteiger partial charge in [-0.25, -0.2) is 9.37 Å². The Labute approximate surface area is 91.2 Å². The third-order valence-electron chi connectivity index (χ3n) is 1.99. The summed E-state index contributed by atoms with van der Waals surface area (Å²) in [4.78, 5) is 4.19. The molecule has 0 saturated heterocycles. The fraction of sp³-hybridized carbons (Fsp3) is 0.200. The van der Waals surface area contributed by atoms with E-state index >= 15 is 0 Å². The van der Waals surface area contributed by atoms with Gasteiger partial charge in [0.1, 0.15) is 11.6 Å². The van der Waals surface area contributed by atoms with Crippen LogP contribution in [0.3, 0.4) is 0 Å². The summed E-state index contributed by atoms with van der Waals surface area (Å²) in [5, 5.41) is 3.65. The Morgan fingerprint density at radius 2 is 2.20 bits per heavy atom. The summed E-state index contributed by atoms with van der Waals surface area (Å²) in [6.45, 7) is 0. The Morgan fingerprint density at radius 1 is 1.40 bits per heavy atom. The molecule has 0 aliphatic heterocycles. The third kappa shape index (κ3) is 2.30. The molecule has 0 saturated carbocycles. The fourth-order valence-electron chi connectivity index (χ4n) is 1.24. The lowest BCUT2D eigenvalue weighted by Gasteiger charge is -1.98. The van der Waals surface area contributed by atoms with E-state index in [1.165, 1.54) is 17.6 Å². The Balaban J connectivity index is 2.18.